The molecular weight excluding hydrogens is 348 g/mol. The monoisotopic (exact) mass is 360 g/mol. The number of carboxylic acids is 1. The highest BCUT2D eigenvalue weighted by Gasteiger charge is 2.25. The maximum absolute atomic E-state index is 12.4. The van der Waals surface area contributed by atoms with Crippen LogP contribution in [0, 0.1) is 11.3 Å². The number of carboxylic acid groups (broad SMARTS) is 1. The normalized spacial score (nSPS) is 11.3. The fourth-order valence-electron chi connectivity index (χ4n) is 1.61. The average molecular weight is 361 g/mol. The molecule has 0 saturated carbocycles. The third-order valence-corrected chi connectivity index (χ3v) is 5.57. The molecule has 0 atom stereocenters. The lowest BCUT2D eigenvalue weighted by molar-refractivity contribution is 0.0696. The first-order valence-electron chi connectivity index (χ1n) is 5.74. The topological polar surface area (TPSA) is 98.5 Å². The van der Waals surface area contributed by atoms with Crippen molar-refractivity contribution >= 4 is 31.9 Å². The van der Waals surface area contributed by atoms with Gasteiger partial charge in [-0.1, -0.05) is 6.92 Å². The number of nitriles is 1. The summed E-state index contributed by atoms with van der Waals surface area (Å²) >= 11 is 3.08. The van der Waals surface area contributed by atoms with Gasteiger partial charge in [-0.2, -0.15) is 9.57 Å². The molecular formula is C12H13BrN2O4S. The van der Waals surface area contributed by atoms with E-state index in [1.54, 1.807) is 6.92 Å². The lowest BCUT2D eigenvalue weighted by Gasteiger charge is -2.20. The maximum atomic E-state index is 12.4. The second kappa shape index (κ2) is 6.83. The van der Waals surface area contributed by atoms with E-state index >= 15 is 0 Å². The number of benzene rings is 1. The van der Waals surface area contributed by atoms with Gasteiger partial charge >= 0.3 is 5.97 Å². The molecule has 6 nitrogen and oxygen atoms in total. The summed E-state index contributed by atoms with van der Waals surface area (Å²) in [7, 11) is -3.75. The Kier molecular flexibility index (Phi) is 5.68. The summed E-state index contributed by atoms with van der Waals surface area (Å²) in [6.07, 6.45) is 0.0951. The molecule has 0 amide bonds. The van der Waals surface area contributed by atoms with Crippen LogP contribution in [0.3, 0.4) is 0 Å². The Labute approximate surface area is 125 Å². The van der Waals surface area contributed by atoms with E-state index in [4.69, 9.17) is 10.4 Å². The average Bonchev–Trinajstić information content (AvgIpc) is 2.38. The first-order chi connectivity index (χ1) is 9.34. The van der Waals surface area contributed by atoms with E-state index in [2.05, 4.69) is 15.9 Å². The molecule has 0 fully saturated rings. The molecule has 1 N–H and O–H groups in total. The standard InChI is InChI=1S/C12H13BrN2O4S/c1-2-15(7-3-6-14)20(18,19)11-5-4-9(12(16)17)8-10(11)13/h4-5,8H,2-3,7H2,1H3,(H,16,17). The molecule has 1 aromatic carbocycles. The first kappa shape index (κ1) is 16.6. The largest absolute Gasteiger partial charge is 0.478 e. The zero-order valence-electron chi connectivity index (χ0n) is 10.7. The van der Waals surface area contributed by atoms with E-state index < -0.39 is 16.0 Å². The molecule has 0 aromatic heterocycles. The highest BCUT2D eigenvalue weighted by Crippen LogP contribution is 2.26. The molecule has 20 heavy (non-hydrogen) atoms. The van der Waals surface area contributed by atoms with Crippen molar-refractivity contribution in [2.45, 2.75) is 18.2 Å². The molecule has 108 valence electrons. The van der Waals surface area contributed by atoms with E-state index in [1.165, 1.54) is 22.5 Å². The number of rotatable bonds is 6. The van der Waals surface area contributed by atoms with Crippen LogP contribution in [0.15, 0.2) is 27.6 Å². The van der Waals surface area contributed by atoms with Crippen molar-refractivity contribution in [3.8, 4) is 6.07 Å². The zero-order valence-corrected chi connectivity index (χ0v) is 13.1. The van der Waals surface area contributed by atoms with Crippen LogP contribution < -0.4 is 0 Å². The van der Waals surface area contributed by atoms with Gasteiger partial charge in [0, 0.05) is 24.0 Å². The molecule has 0 aliphatic heterocycles. The number of halogens is 1. The Hall–Kier alpha value is -1.43. The quantitative estimate of drug-likeness (QED) is 0.836. The van der Waals surface area contributed by atoms with Gasteiger partial charge in [0.25, 0.3) is 0 Å². The summed E-state index contributed by atoms with van der Waals surface area (Å²) in [6.45, 7) is 2.01. The molecule has 0 aliphatic rings. The number of sulfonamides is 1. The van der Waals surface area contributed by atoms with Crippen LogP contribution in [0.25, 0.3) is 0 Å². The van der Waals surface area contributed by atoms with Gasteiger partial charge in [0.05, 0.1) is 16.5 Å². The third-order valence-electron chi connectivity index (χ3n) is 2.62. The molecule has 0 aliphatic carbocycles. The van der Waals surface area contributed by atoms with Gasteiger partial charge in [-0.3, -0.25) is 0 Å². The number of hydrogen-bond donors (Lipinski definition) is 1. The summed E-state index contributed by atoms with van der Waals surface area (Å²) < 4.78 is 26.2. The summed E-state index contributed by atoms with van der Waals surface area (Å²) in [5.41, 5.74) is -0.00380. The van der Waals surface area contributed by atoms with E-state index in [1.807, 2.05) is 6.07 Å². The minimum absolute atomic E-state index is 0.00380. The highest BCUT2D eigenvalue weighted by atomic mass is 79.9. The minimum atomic E-state index is -3.75. The lowest BCUT2D eigenvalue weighted by atomic mass is 10.2. The van der Waals surface area contributed by atoms with Crippen LogP contribution in [0.4, 0.5) is 0 Å². The van der Waals surface area contributed by atoms with Gasteiger partial charge in [0.2, 0.25) is 10.0 Å². The van der Waals surface area contributed by atoms with Crippen molar-refractivity contribution in [3.63, 3.8) is 0 Å². The second-order valence-electron chi connectivity index (χ2n) is 3.86. The van der Waals surface area contributed by atoms with Crippen molar-refractivity contribution in [2.24, 2.45) is 0 Å². The summed E-state index contributed by atoms with van der Waals surface area (Å²) in [6, 6.07) is 5.62. The van der Waals surface area contributed by atoms with Crippen LogP contribution in [-0.4, -0.2) is 36.9 Å². The van der Waals surface area contributed by atoms with Crippen molar-refractivity contribution in [1.82, 2.24) is 4.31 Å². The Bertz CT molecular complexity index is 652. The van der Waals surface area contributed by atoms with Gasteiger partial charge in [0.15, 0.2) is 0 Å². The smallest absolute Gasteiger partial charge is 0.335 e. The molecule has 8 heteroatoms. The number of aromatic carboxylic acids is 1. The number of nitrogens with zero attached hydrogens (tertiary/aromatic N) is 2. The zero-order chi connectivity index (χ0) is 15.3. The second-order valence-corrected chi connectivity index (χ2v) is 6.62. The SMILES string of the molecule is CCN(CCC#N)S(=O)(=O)c1ccc(C(=O)O)cc1Br. The van der Waals surface area contributed by atoms with E-state index in [0.717, 1.165) is 0 Å². The Morgan fingerprint density at radius 1 is 1.50 bits per heavy atom. The molecule has 0 heterocycles. The predicted octanol–water partition coefficient (Wildman–Crippen LogP) is 2.07. The fraction of sp³-hybridized carbons (Fsp3) is 0.333. The Morgan fingerprint density at radius 3 is 2.60 bits per heavy atom. The molecule has 0 saturated heterocycles. The maximum Gasteiger partial charge on any atom is 0.335 e. The van der Waals surface area contributed by atoms with E-state index in [0.29, 0.717) is 0 Å². The van der Waals surface area contributed by atoms with Crippen molar-refractivity contribution in [1.29, 1.82) is 5.26 Å². The summed E-state index contributed by atoms with van der Waals surface area (Å²) in [5.74, 6) is -1.13. The molecule has 1 aromatic rings. The Morgan fingerprint density at radius 2 is 2.15 bits per heavy atom. The van der Waals surface area contributed by atoms with Gasteiger partial charge in [-0.05, 0) is 34.1 Å². The van der Waals surface area contributed by atoms with Crippen molar-refractivity contribution < 1.29 is 18.3 Å². The fourth-order valence-corrected chi connectivity index (χ4v) is 4.09. The first-order valence-corrected chi connectivity index (χ1v) is 7.97. The van der Waals surface area contributed by atoms with Gasteiger partial charge in [0.1, 0.15) is 0 Å². The highest BCUT2D eigenvalue weighted by molar-refractivity contribution is 9.10. The number of hydrogen-bond acceptors (Lipinski definition) is 4. The molecule has 0 spiro atoms. The van der Waals surface area contributed by atoms with Crippen LogP contribution >= 0.6 is 15.9 Å². The molecule has 0 bridgehead atoms. The van der Waals surface area contributed by atoms with Crippen LogP contribution in [0.1, 0.15) is 23.7 Å². The predicted molar refractivity (Wildman–Crippen MR) is 75.8 cm³/mol. The van der Waals surface area contributed by atoms with Crippen LogP contribution in [0.5, 0.6) is 0 Å². The van der Waals surface area contributed by atoms with Gasteiger partial charge in [-0.25, -0.2) is 13.2 Å². The lowest BCUT2D eigenvalue weighted by Crippen LogP contribution is -2.32. The van der Waals surface area contributed by atoms with Crippen LogP contribution in [-0.2, 0) is 10.0 Å². The van der Waals surface area contributed by atoms with Crippen molar-refractivity contribution in [2.75, 3.05) is 13.1 Å². The van der Waals surface area contributed by atoms with Gasteiger partial charge < -0.3 is 5.11 Å². The summed E-state index contributed by atoms with van der Waals surface area (Å²) in [5, 5.41) is 17.4. The van der Waals surface area contributed by atoms with Crippen LogP contribution in [0.2, 0.25) is 0 Å². The van der Waals surface area contributed by atoms with E-state index in [-0.39, 0.29) is 34.4 Å². The van der Waals surface area contributed by atoms with Gasteiger partial charge in [-0.15, -0.1) is 0 Å². The van der Waals surface area contributed by atoms with E-state index in [9.17, 15) is 13.2 Å². The Balaban J connectivity index is 3.21. The molecule has 0 unspecified atom stereocenters. The third kappa shape index (κ3) is 3.56. The van der Waals surface area contributed by atoms with Crippen molar-refractivity contribution in [3.05, 3.63) is 28.2 Å². The number of carbonyl (C=O) groups is 1. The summed E-state index contributed by atoms with van der Waals surface area (Å²) in [4.78, 5) is 10.8. The molecule has 1 rings (SSSR count). The minimum Gasteiger partial charge on any atom is -0.478 e. The molecule has 0 radical (unpaired) electrons.